The first-order valence-electron chi connectivity index (χ1n) is 7.71. The van der Waals surface area contributed by atoms with Crippen LogP contribution in [-0.4, -0.2) is 53.8 Å². The summed E-state index contributed by atoms with van der Waals surface area (Å²) in [4.78, 5) is 25.8. The Bertz CT molecular complexity index is 406. The third kappa shape index (κ3) is 3.67. The first-order valence-corrected chi connectivity index (χ1v) is 7.71. The minimum atomic E-state index is -1.16. The van der Waals surface area contributed by atoms with E-state index in [1.807, 2.05) is 6.92 Å². The van der Waals surface area contributed by atoms with Crippen LogP contribution < -0.4 is 5.32 Å². The Hall–Kier alpha value is -1.30. The molecule has 0 aliphatic heterocycles. The Morgan fingerprint density at radius 3 is 2.43 bits per heavy atom. The van der Waals surface area contributed by atoms with Gasteiger partial charge in [-0.15, -0.1) is 0 Å². The molecule has 0 heterocycles. The number of urea groups is 1. The van der Waals surface area contributed by atoms with Crippen LogP contribution in [0.3, 0.4) is 0 Å². The van der Waals surface area contributed by atoms with Crippen LogP contribution in [-0.2, 0) is 9.53 Å². The molecule has 2 saturated carbocycles. The summed E-state index contributed by atoms with van der Waals surface area (Å²) in [7, 11) is 1.60. The second kappa shape index (κ2) is 6.22. The second-order valence-electron chi connectivity index (χ2n) is 6.48. The number of nitrogens with one attached hydrogen (secondary N) is 1. The molecule has 0 bridgehead atoms. The fourth-order valence-corrected chi connectivity index (χ4v) is 2.80. The molecule has 2 amide bonds. The van der Waals surface area contributed by atoms with Crippen LogP contribution in [0.1, 0.15) is 39.5 Å². The van der Waals surface area contributed by atoms with Crippen molar-refractivity contribution in [2.75, 3.05) is 20.3 Å². The predicted molar refractivity (Wildman–Crippen MR) is 78.1 cm³/mol. The van der Waals surface area contributed by atoms with Gasteiger partial charge in [-0.25, -0.2) is 9.59 Å². The van der Waals surface area contributed by atoms with Gasteiger partial charge >= 0.3 is 12.0 Å². The van der Waals surface area contributed by atoms with E-state index in [4.69, 9.17) is 4.74 Å². The Morgan fingerprint density at radius 2 is 2.00 bits per heavy atom. The number of aliphatic carboxylic acids is 1. The fourth-order valence-electron chi connectivity index (χ4n) is 2.80. The molecule has 2 N–H and O–H groups in total. The molecule has 0 aromatic rings. The lowest BCUT2D eigenvalue weighted by molar-refractivity contribution is -0.144. The number of hydrogen-bond donors (Lipinski definition) is 2. The minimum Gasteiger partial charge on any atom is -0.480 e. The van der Waals surface area contributed by atoms with E-state index < -0.39 is 11.5 Å². The molecule has 120 valence electrons. The zero-order chi connectivity index (χ0) is 15.6. The third-order valence-electron chi connectivity index (χ3n) is 4.80. The highest BCUT2D eigenvalue weighted by Gasteiger charge is 2.49. The van der Waals surface area contributed by atoms with Gasteiger partial charge < -0.3 is 20.1 Å². The minimum absolute atomic E-state index is 0.0412. The van der Waals surface area contributed by atoms with Crippen molar-refractivity contribution < 1.29 is 19.4 Å². The summed E-state index contributed by atoms with van der Waals surface area (Å²) >= 11 is 0. The number of carbonyl (C=O) groups is 2. The van der Waals surface area contributed by atoms with Gasteiger partial charge in [0, 0.05) is 19.7 Å². The first kappa shape index (κ1) is 16.1. The number of amides is 2. The molecule has 2 fully saturated rings. The van der Waals surface area contributed by atoms with Gasteiger partial charge in [0.05, 0.1) is 6.61 Å². The molecule has 2 rings (SSSR count). The monoisotopic (exact) mass is 298 g/mol. The fraction of sp³-hybridized carbons (Fsp3) is 0.867. The van der Waals surface area contributed by atoms with Crippen LogP contribution in [0.2, 0.25) is 0 Å². The van der Waals surface area contributed by atoms with Crippen LogP contribution in [0.15, 0.2) is 0 Å². The van der Waals surface area contributed by atoms with Crippen LogP contribution in [0.4, 0.5) is 4.79 Å². The van der Waals surface area contributed by atoms with Gasteiger partial charge in [0.15, 0.2) is 0 Å². The molecule has 0 aromatic carbocycles. The molecule has 0 saturated heterocycles. The first-order chi connectivity index (χ1) is 9.90. The summed E-state index contributed by atoms with van der Waals surface area (Å²) in [5.74, 6) is -0.381. The Balaban J connectivity index is 2.04. The zero-order valence-electron chi connectivity index (χ0n) is 13.1. The molecular weight excluding hydrogens is 272 g/mol. The molecule has 2 atom stereocenters. The van der Waals surface area contributed by atoms with Crippen molar-refractivity contribution in [1.82, 2.24) is 10.2 Å². The van der Waals surface area contributed by atoms with Crippen molar-refractivity contribution in [2.45, 2.75) is 51.1 Å². The van der Waals surface area contributed by atoms with Crippen molar-refractivity contribution in [2.24, 2.45) is 11.8 Å². The quantitative estimate of drug-likeness (QED) is 0.715. The van der Waals surface area contributed by atoms with Crippen LogP contribution in [0, 0.1) is 11.8 Å². The third-order valence-corrected chi connectivity index (χ3v) is 4.80. The number of hydrogen-bond acceptors (Lipinski definition) is 3. The standard InChI is InChI=1S/C15H26N2O4/c1-10(11-4-5-11)17(8-9-21-3)14(20)16-15(2,13(18)19)12-6-7-12/h10-12H,4-9H2,1-3H3,(H,16,20)(H,18,19). The van der Waals surface area contributed by atoms with E-state index in [-0.39, 0.29) is 18.0 Å². The smallest absolute Gasteiger partial charge is 0.329 e. The van der Waals surface area contributed by atoms with Gasteiger partial charge in [-0.3, -0.25) is 0 Å². The van der Waals surface area contributed by atoms with Gasteiger partial charge in [0.25, 0.3) is 0 Å². The number of carbonyl (C=O) groups excluding carboxylic acids is 1. The largest absolute Gasteiger partial charge is 0.480 e. The van der Waals surface area contributed by atoms with Gasteiger partial charge in [-0.2, -0.15) is 0 Å². The molecule has 6 nitrogen and oxygen atoms in total. The lowest BCUT2D eigenvalue weighted by Crippen LogP contribution is -2.59. The van der Waals surface area contributed by atoms with E-state index in [0.29, 0.717) is 19.1 Å². The van der Waals surface area contributed by atoms with Crippen molar-refractivity contribution in [3.63, 3.8) is 0 Å². The predicted octanol–water partition coefficient (Wildman–Crippen LogP) is 1.70. The van der Waals surface area contributed by atoms with Crippen molar-refractivity contribution >= 4 is 12.0 Å². The normalized spacial score (nSPS) is 22.2. The summed E-state index contributed by atoms with van der Waals surface area (Å²) in [6.07, 6.45) is 3.99. The molecule has 0 spiro atoms. The van der Waals surface area contributed by atoms with Crippen LogP contribution in [0.25, 0.3) is 0 Å². The van der Waals surface area contributed by atoms with E-state index in [0.717, 1.165) is 25.7 Å². The number of carboxylic acids is 1. The van der Waals surface area contributed by atoms with E-state index >= 15 is 0 Å². The number of methoxy groups -OCH3 is 1. The Kier molecular flexibility index (Phi) is 4.76. The number of carboxylic acid groups (broad SMARTS) is 1. The van der Waals surface area contributed by atoms with E-state index in [9.17, 15) is 14.7 Å². The maximum atomic E-state index is 12.6. The van der Waals surface area contributed by atoms with Gasteiger partial charge in [0.2, 0.25) is 0 Å². The SMILES string of the molecule is COCCN(C(=O)NC(C)(C(=O)O)C1CC1)C(C)C1CC1. The Labute approximate surface area is 125 Å². The topological polar surface area (TPSA) is 78.9 Å². The Morgan fingerprint density at radius 1 is 1.38 bits per heavy atom. The van der Waals surface area contributed by atoms with Gasteiger partial charge in [-0.1, -0.05) is 0 Å². The van der Waals surface area contributed by atoms with Crippen molar-refractivity contribution in [3.8, 4) is 0 Å². The van der Waals surface area contributed by atoms with Crippen molar-refractivity contribution in [1.29, 1.82) is 0 Å². The number of ether oxygens (including phenoxy) is 1. The van der Waals surface area contributed by atoms with Gasteiger partial charge in [-0.05, 0) is 51.4 Å². The number of nitrogens with zero attached hydrogens (tertiary/aromatic N) is 1. The van der Waals surface area contributed by atoms with E-state index in [1.54, 1.807) is 18.9 Å². The molecule has 6 heteroatoms. The molecule has 2 unspecified atom stereocenters. The summed E-state index contributed by atoms with van der Waals surface area (Å²) in [6.45, 7) is 4.58. The molecule has 21 heavy (non-hydrogen) atoms. The number of rotatable bonds is 8. The van der Waals surface area contributed by atoms with Gasteiger partial charge in [0.1, 0.15) is 5.54 Å². The lowest BCUT2D eigenvalue weighted by Gasteiger charge is -2.34. The second-order valence-corrected chi connectivity index (χ2v) is 6.48. The highest BCUT2D eigenvalue weighted by Crippen LogP contribution is 2.40. The summed E-state index contributed by atoms with van der Waals surface area (Å²) < 4.78 is 5.07. The molecule has 0 radical (unpaired) electrons. The average Bonchev–Trinajstić information content (AvgIpc) is 3.31. The highest BCUT2D eigenvalue weighted by atomic mass is 16.5. The lowest BCUT2D eigenvalue weighted by atomic mass is 9.96. The van der Waals surface area contributed by atoms with E-state index in [1.165, 1.54) is 0 Å². The summed E-state index contributed by atoms with van der Waals surface area (Å²) in [5.41, 5.74) is -1.16. The maximum absolute atomic E-state index is 12.6. The maximum Gasteiger partial charge on any atom is 0.329 e. The summed E-state index contributed by atoms with van der Waals surface area (Å²) in [6, 6.07) is -0.166. The van der Waals surface area contributed by atoms with Crippen LogP contribution >= 0.6 is 0 Å². The zero-order valence-corrected chi connectivity index (χ0v) is 13.1. The molecular formula is C15H26N2O4. The molecule has 0 aromatic heterocycles. The van der Waals surface area contributed by atoms with E-state index in [2.05, 4.69) is 5.32 Å². The average molecular weight is 298 g/mol. The van der Waals surface area contributed by atoms with Crippen LogP contribution in [0.5, 0.6) is 0 Å². The summed E-state index contributed by atoms with van der Waals surface area (Å²) in [5, 5.41) is 12.2. The van der Waals surface area contributed by atoms with Crippen molar-refractivity contribution in [3.05, 3.63) is 0 Å². The molecule has 2 aliphatic rings. The highest BCUT2D eigenvalue weighted by molar-refractivity contribution is 5.86. The molecule has 2 aliphatic carbocycles.